The van der Waals surface area contributed by atoms with E-state index in [0.29, 0.717) is 6.61 Å². The second kappa shape index (κ2) is 5.43. The Hall–Kier alpha value is -2.66. The number of nitrogens with zero attached hydrogens (tertiary/aromatic N) is 2. The van der Waals surface area contributed by atoms with Crippen molar-refractivity contribution in [2.24, 2.45) is 5.41 Å². The molecular formula is C20H19N3O2. The molecule has 2 aromatic heterocycles. The van der Waals surface area contributed by atoms with Gasteiger partial charge in [0.05, 0.1) is 49.1 Å². The molecule has 0 atom stereocenters. The summed E-state index contributed by atoms with van der Waals surface area (Å²) < 4.78 is 11.3. The van der Waals surface area contributed by atoms with Gasteiger partial charge in [0.1, 0.15) is 5.75 Å². The molecule has 25 heavy (non-hydrogen) atoms. The van der Waals surface area contributed by atoms with E-state index in [2.05, 4.69) is 46.2 Å². The maximum absolute atomic E-state index is 5.99. The van der Waals surface area contributed by atoms with Gasteiger partial charge in [-0.2, -0.15) is 0 Å². The van der Waals surface area contributed by atoms with Crippen molar-refractivity contribution in [3.8, 4) is 5.75 Å². The third-order valence-corrected chi connectivity index (χ3v) is 4.95. The van der Waals surface area contributed by atoms with Gasteiger partial charge in [-0.25, -0.2) is 4.98 Å². The molecule has 1 fully saturated rings. The Morgan fingerprint density at radius 3 is 3.00 bits per heavy atom. The van der Waals surface area contributed by atoms with Crippen LogP contribution in [0.3, 0.4) is 0 Å². The first-order chi connectivity index (χ1) is 12.2. The van der Waals surface area contributed by atoms with Crippen molar-refractivity contribution in [3.05, 3.63) is 59.7 Å². The maximum atomic E-state index is 5.99. The van der Waals surface area contributed by atoms with Crippen LogP contribution in [0, 0.1) is 5.41 Å². The minimum absolute atomic E-state index is 0.128. The summed E-state index contributed by atoms with van der Waals surface area (Å²) in [6.07, 6.45) is 6.65. The van der Waals surface area contributed by atoms with E-state index in [1.807, 2.05) is 12.3 Å². The molecule has 1 aliphatic heterocycles. The summed E-state index contributed by atoms with van der Waals surface area (Å²) in [4.78, 5) is 12.1. The third kappa shape index (κ3) is 2.51. The molecule has 3 aromatic rings. The predicted octanol–water partition coefficient (Wildman–Crippen LogP) is 3.36. The highest BCUT2D eigenvalue weighted by molar-refractivity contribution is 5.88. The zero-order valence-electron chi connectivity index (χ0n) is 14.1. The summed E-state index contributed by atoms with van der Waals surface area (Å²) in [6.45, 7) is 4.37. The van der Waals surface area contributed by atoms with Crippen molar-refractivity contribution in [2.75, 3.05) is 19.8 Å². The minimum Gasteiger partial charge on any atom is -0.491 e. The normalized spacial score (nSPS) is 17.9. The van der Waals surface area contributed by atoms with E-state index in [-0.39, 0.29) is 5.41 Å². The van der Waals surface area contributed by atoms with Crippen LogP contribution >= 0.6 is 0 Å². The number of ether oxygens (including phenoxy) is 2. The molecule has 5 heteroatoms. The monoisotopic (exact) mass is 333 g/mol. The number of fused-ring (bicyclic) bond motifs is 2. The van der Waals surface area contributed by atoms with Crippen LogP contribution in [0.2, 0.25) is 0 Å². The van der Waals surface area contributed by atoms with Gasteiger partial charge in [0.15, 0.2) is 0 Å². The number of benzene rings is 1. The average Bonchev–Trinajstić information content (AvgIpc) is 3.23. The zero-order chi connectivity index (χ0) is 16.9. The van der Waals surface area contributed by atoms with E-state index in [0.717, 1.165) is 47.7 Å². The van der Waals surface area contributed by atoms with Crippen molar-refractivity contribution in [1.82, 2.24) is 15.0 Å². The Morgan fingerprint density at radius 1 is 1.24 bits per heavy atom. The lowest BCUT2D eigenvalue weighted by molar-refractivity contribution is -0.120. The van der Waals surface area contributed by atoms with E-state index in [1.54, 1.807) is 6.33 Å². The van der Waals surface area contributed by atoms with Crippen molar-refractivity contribution in [3.63, 3.8) is 0 Å². The third-order valence-electron chi connectivity index (χ3n) is 4.95. The first kappa shape index (κ1) is 14.7. The van der Waals surface area contributed by atoms with Gasteiger partial charge in [-0.3, -0.25) is 4.98 Å². The van der Waals surface area contributed by atoms with Crippen LogP contribution < -0.4 is 4.74 Å². The Morgan fingerprint density at radius 2 is 2.16 bits per heavy atom. The minimum atomic E-state index is 0.128. The van der Waals surface area contributed by atoms with Gasteiger partial charge in [-0.15, -0.1) is 0 Å². The topological polar surface area (TPSA) is 60.0 Å². The highest BCUT2D eigenvalue weighted by atomic mass is 16.5. The second-order valence-electron chi connectivity index (χ2n) is 7.21. The van der Waals surface area contributed by atoms with Crippen LogP contribution in [-0.4, -0.2) is 34.8 Å². The molecule has 3 heterocycles. The highest BCUT2D eigenvalue weighted by Gasteiger charge is 2.34. The molecule has 0 amide bonds. The van der Waals surface area contributed by atoms with Gasteiger partial charge in [0.2, 0.25) is 0 Å². The van der Waals surface area contributed by atoms with Gasteiger partial charge in [-0.1, -0.05) is 19.1 Å². The largest absolute Gasteiger partial charge is 0.491 e. The first-order valence-electron chi connectivity index (χ1n) is 8.54. The zero-order valence-corrected chi connectivity index (χ0v) is 14.1. The second-order valence-corrected chi connectivity index (χ2v) is 7.21. The standard InChI is InChI=1S/C20H19N3O2/c1-20(9-24-10-20)11-25-14-7-16-15(3-5-17(16)21-8-14)13-2-4-18-19(6-13)23-12-22-18/h2-4,6-8,12H,5,9-11H2,1H3,(H,22,23). The molecule has 1 N–H and O–H groups in total. The number of H-pyrrole nitrogens is 1. The molecule has 1 saturated heterocycles. The first-order valence-corrected chi connectivity index (χ1v) is 8.54. The molecule has 0 radical (unpaired) electrons. The quantitative estimate of drug-likeness (QED) is 0.795. The van der Waals surface area contributed by atoms with Gasteiger partial charge in [0.25, 0.3) is 0 Å². The van der Waals surface area contributed by atoms with Crippen LogP contribution in [0.25, 0.3) is 16.6 Å². The fourth-order valence-corrected chi connectivity index (χ4v) is 3.43. The molecule has 126 valence electrons. The number of aromatic nitrogens is 3. The highest BCUT2D eigenvalue weighted by Crippen LogP contribution is 2.35. The lowest BCUT2D eigenvalue weighted by Gasteiger charge is -2.37. The van der Waals surface area contributed by atoms with Crippen LogP contribution in [0.15, 0.2) is 42.9 Å². The Balaban J connectivity index is 1.44. The predicted molar refractivity (Wildman–Crippen MR) is 95.5 cm³/mol. The lowest BCUT2D eigenvalue weighted by atomic mass is 9.90. The lowest BCUT2D eigenvalue weighted by Crippen LogP contribution is -2.44. The molecular weight excluding hydrogens is 314 g/mol. The van der Waals surface area contributed by atoms with Gasteiger partial charge in [-0.05, 0) is 29.3 Å². The molecule has 5 rings (SSSR count). The fourth-order valence-electron chi connectivity index (χ4n) is 3.43. The fraction of sp³-hybridized carbons (Fsp3) is 0.300. The summed E-state index contributed by atoms with van der Waals surface area (Å²) in [7, 11) is 0. The van der Waals surface area contributed by atoms with Gasteiger partial charge < -0.3 is 14.5 Å². The van der Waals surface area contributed by atoms with E-state index >= 15 is 0 Å². The van der Waals surface area contributed by atoms with Crippen LogP contribution in [0.5, 0.6) is 5.75 Å². The smallest absolute Gasteiger partial charge is 0.138 e. The molecule has 1 aliphatic carbocycles. The number of nitrogens with one attached hydrogen (secondary N) is 1. The van der Waals surface area contributed by atoms with Crippen molar-refractivity contribution in [2.45, 2.75) is 13.3 Å². The van der Waals surface area contributed by atoms with E-state index in [4.69, 9.17) is 9.47 Å². The summed E-state index contributed by atoms with van der Waals surface area (Å²) in [5.41, 5.74) is 6.80. The summed E-state index contributed by atoms with van der Waals surface area (Å²) >= 11 is 0. The Kier molecular flexibility index (Phi) is 3.18. The van der Waals surface area contributed by atoms with E-state index in [9.17, 15) is 0 Å². The average molecular weight is 333 g/mol. The number of pyridine rings is 1. The number of rotatable bonds is 4. The van der Waals surface area contributed by atoms with E-state index in [1.165, 1.54) is 11.1 Å². The molecule has 0 unspecified atom stereocenters. The van der Waals surface area contributed by atoms with Gasteiger partial charge in [0, 0.05) is 17.4 Å². The molecule has 0 bridgehead atoms. The van der Waals surface area contributed by atoms with Crippen LogP contribution in [0.4, 0.5) is 0 Å². The molecule has 5 nitrogen and oxygen atoms in total. The molecule has 0 saturated carbocycles. The number of imidazole rings is 1. The van der Waals surface area contributed by atoms with Crippen molar-refractivity contribution >= 4 is 16.6 Å². The van der Waals surface area contributed by atoms with E-state index < -0.39 is 0 Å². The van der Waals surface area contributed by atoms with Crippen LogP contribution in [-0.2, 0) is 11.2 Å². The van der Waals surface area contributed by atoms with Crippen molar-refractivity contribution < 1.29 is 9.47 Å². The maximum Gasteiger partial charge on any atom is 0.138 e. The SMILES string of the molecule is CC1(COc2cnc3c(c2)C(c2ccc4nc[nH]c4c2)=CC3)COC1. The van der Waals surface area contributed by atoms with Gasteiger partial charge >= 0.3 is 0 Å². The summed E-state index contributed by atoms with van der Waals surface area (Å²) in [5, 5.41) is 0. The number of hydrogen-bond acceptors (Lipinski definition) is 4. The summed E-state index contributed by atoms with van der Waals surface area (Å²) in [5.74, 6) is 0.822. The molecule has 0 spiro atoms. The number of hydrogen-bond donors (Lipinski definition) is 1. The molecule has 2 aliphatic rings. The summed E-state index contributed by atoms with van der Waals surface area (Å²) in [6, 6.07) is 8.42. The molecule has 1 aromatic carbocycles. The Labute approximate surface area is 145 Å². The number of allylic oxidation sites excluding steroid dienone is 1. The van der Waals surface area contributed by atoms with Crippen molar-refractivity contribution in [1.29, 1.82) is 0 Å². The Bertz CT molecular complexity index is 986. The number of aromatic amines is 1. The van der Waals surface area contributed by atoms with Crippen LogP contribution in [0.1, 0.15) is 23.7 Å².